The maximum atomic E-state index is 11.6. The average Bonchev–Trinajstić information content (AvgIpc) is 2.98. The molecule has 0 radical (unpaired) electrons. The Balaban J connectivity index is 0.000000215. The van der Waals surface area contributed by atoms with Gasteiger partial charge in [0.1, 0.15) is 0 Å². The molecule has 0 spiro atoms. The Labute approximate surface area is 228 Å². The smallest absolute Gasteiger partial charge is 0.162 e. The Bertz CT molecular complexity index is 1180. The lowest BCUT2D eigenvalue weighted by Gasteiger charge is -2.05. The molecule has 2 nitrogen and oxygen atoms in total. The Kier molecular flexibility index (Phi) is 11.2. The molecule has 0 saturated heterocycles. The first-order chi connectivity index (χ1) is 18.4. The van der Waals surface area contributed by atoms with Gasteiger partial charge in [-0.1, -0.05) is 125 Å². The third kappa shape index (κ3) is 8.66. The summed E-state index contributed by atoms with van der Waals surface area (Å²) >= 11 is 0. The molecular formula is C36H40O2. The number of aryl methyl sites for hydroxylation is 2. The topological polar surface area (TPSA) is 34.1 Å². The van der Waals surface area contributed by atoms with Crippen LogP contribution < -0.4 is 0 Å². The molecule has 38 heavy (non-hydrogen) atoms. The first kappa shape index (κ1) is 28.8. The van der Waals surface area contributed by atoms with Crippen molar-refractivity contribution in [1.29, 1.82) is 0 Å². The van der Waals surface area contributed by atoms with Gasteiger partial charge < -0.3 is 0 Å². The van der Waals surface area contributed by atoms with E-state index in [0.717, 1.165) is 47.9 Å². The third-order valence-corrected chi connectivity index (χ3v) is 6.87. The standard InChI is InChI=1S/C19H20O2.C17H20/c1-3-18(20)16-9-5-14(6-10-16)13-15-7-11-17(12-8-15)19(21)4-2;1-3-14-5-9-16(10-6-14)13-17-11-7-15(4-2)8-12-17/h5-12H,3-4,13H2,1-2H3;5-12H,3-4,13H2,1-2H3. The Morgan fingerprint density at radius 2 is 0.632 bits per heavy atom. The van der Waals surface area contributed by atoms with Crippen LogP contribution in [0.5, 0.6) is 0 Å². The molecule has 4 aromatic carbocycles. The maximum absolute atomic E-state index is 11.6. The molecule has 0 N–H and O–H groups in total. The molecule has 0 aliphatic heterocycles. The zero-order valence-corrected chi connectivity index (χ0v) is 23.3. The largest absolute Gasteiger partial charge is 0.294 e. The van der Waals surface area contributed by atoms with Crippen LogP contribution in [0.25, 0.3) is 0 Å². The van der Waals surface area contributed by atoms with Gasteiger partial charge in [0.25, 0.3) is 0 Å². The minimum Gasteiger partial charge on any atom is -0.294 e. The van der Waals surface area contributed by atoms with Crippen molar-refractivity contribution >= 4 is 11.6 Å². The van der Waals surface area contributed by atoms with E-state index in [9.17, 15) is 9.59 Å². The number of carbonyl (C=O) groups excluding carboxylic acids is 2. The van der Waals surface area contributed by atoms with Crippen molar-refractivity contribution < 1.29 is 9.59 Å². The first-order valence-corrected chi connectivity index (χ1v) is 13.9. The first-order valence-electron chi connectivity index (χ1n) is 13.9. The highest BCUT2D eigenvalue weighted by Crippen LogP contribution is 2.15. The SMILES string of the molecule is CCC(=O)c1ccc(Cc2ccc(C(=O)CC)cc2)cc1.CCc1ccc(Cc2ccc(CC)cc2)cc1. The van der Waals surface area contributed by atoms with Crippen molar-refractivity contribution in [3.63, 3.8) is 0 Å². The molecule has 0 atom stereocenters. The minimum absolute atomic E-state index is 0.170. The summed E-state index contributed by atoms with van der Waals surface area (Å²) in [6.07, 6.45) is 5.14. The lowest BCUT2D eigenvalue weighted by Crippen LogP contribution is -1.98. The van der Waals surface area contributed by atoms with Crippen LogP contribution in [-0.4, -0.2) is 11.6 Å². The van der Waals surface area contributed by atoms with E-state index in [1.165, 1.54) is 22.3 Å². The molecule has 0 aliphatic carbocycles. The Hall–Kier alpha value is -3.78. The summed E-state index contributed by atoms with van der Waals surface area (Å²) in [7, 11) is 0. The van der Waals surface area contributed by atoms with Crippen LogP contribution in [0, 0.1) is 0 Å². The monoisotopic (exact) mass is 504 g/mol. The second-order valence-electron chi connectivity index (χ2n) is 9.64. The minimum atomic E-state index is 0.170. The summed E-state index contributed by atoms with van der Waals surface area (Å²) in [5.74, 6) is 0.341. The molecule has 0 saturated carbocycles. The molecule has 196 valence electrons. The molecule has 4 aromatic rings. The molecule has 0 aliphatic rings. The van der Waals surface area contributed by atoms with E-state index in [-0.39, 0.29) is 11.6 Å². The zero-order valence-electron chi connectivity index (χ0n) is 23.3. The molecule has 4 rings (SSSR count). The molecule has 0 heterocycles. The average molecular weight is 505 g/mol. The van der Waals surface area contributed by atoms with E-state index >= 15 is 0 Å². The number of hydrogen-bond acceptors (Lipinski definition) is 2. The molecule has 2 heteroatoms. The van der Waals surface area contributed by atoms with Gasteiger partial charge in [0.05, 0.1) is 0 Å². The van der Waals surface area contributed by atoms with Gasteiger partial charge in [-0.3, -0.25) is 9.59 Å². The number of Topliss-reactive ketones (excluding diaryl/α,β-unsaturated/α-hetero) is 2. The number of benzene rings is 4. The van der Waals surface area contributed by atoms with Gasteiger partial charge >= 0.3 is 0 Å². The summed E-state index contributed by atoms with van der Waals surface area (Å²) in [6, 6.07) is 33.4. The van der Waals surface area contributed by atoms with Crippen LogP contribution in [0.4, 0.5) is 0 Å². The summed E-state index contributed by atoms with van der Waals surface area (Å²) in [5.41, 5.74) is 9.48. The van der Waals surface area contributed by atoms with E-state index in [1.807, 2.05) is 62.4 Å². The normalized spacial score (nSPS) is 10.4. The van der Waals surface area contributed by atoms with Crippen LogP contribution in [-0.2, 0) is 25.7 Å². The molecule has 0 fully saturated rings. The van der Waals surface area contributed by atoms with Crippen molar-refractivity contribution in [1.82, 2.24) is 0 Å². The third-order valence-electron chi connectivity index (χ3n) is 6.87. The quantitative estimate of drug-likeness (QED) is 0.202. The molecular weight excluding hydrogens is 464 g/mol. The predicted octanol–water partition coefficient (Wildman–Crippen LogP) is 8.87. The van der Waals surface area contributed by atoms with Gasteiger partial charge in [0.2, 0.25) is 0 Å². The Morgan fingerprint density at radius 1 is 0.395 bits per heavy atom. The highest BCUT2D eigenvalue weighted by atomic mass is 16.1. The lowest BCUT2D eigenvalue weighted by atomic mass is 10.00. The van der Waals surface area contributed by atoms with Crippen molar-refractivity contribution in [2.75, 3.05) is 0 Å². The second-order valence-corrected chi connectivity index (χ2v) is 9.64. The van der Waals surface area contributed by atoms with Crippen LogP contribution in [0.2, 0.25) is 0 Å². The van der Waals surface area contributed by atoms with Gasteiger partial charge in [-0.05, 0) is 59.1 Å². The van der Waals surface area contributed by atoms with Crippen molar-refractivity contribution in [2.24, 2.45) is 0 Å². The van der Waals surface area contributed by atoms with Crippen molar-refractivity contribution in [3.05, 3.63) is 142 Å². The van der Waals surface area contributed by atoms with Crippen molar-refractivity contribution in [3.8, 4) is 0 Å². The molecule has 0 amide bonds. The molecule has 0 bridgehead atoms. The van der Waals surface area contributed by atoms with Crippen LogP contribution in [0.15, 0.2) is 97.1 Å². The van der Waals surface area contributed by atoms with E-state index in [0.29, 0.717) is 12.8 Å². The highest BCUT2D eigenvalue weighted by molar-refractivity contribution is 5.96. The van der Waals surface area contributed by atoms with Gasteiger partial charge in [-0.2, -0.15) is 0 Å². The van der Waals surface area contributed by atoms with Crippen molar-refractivity contribution in [2.45, 2.75) is 66.2 Å². The second kappa shape index (κ2) is 14.8. The number of hydrogen-bond donors (Lipinski definition) is 0. The van der Waals surface area contributed by atoms with E-state index in [1.54, 1.807) is 0 Å². The number of carbonyl (C=O) groups is 2. The maximum Gasteiger partial charge on any atom is 0.162 e. The van der Waals surface area contributed by atoms with Crippen LogP contribution >= 0.6 is 0 Å². The zero-order chi connectivity index (χ0) is 27.3. The van der Waals surface area contributed by atoms with Gasteiger partial charge in [0.15, 0.2) is 11.6 Å². The predicted molar refractivity (Wildman–Crippen MR) is 159 cm³/mol. The van der Waals surface area contributed by atoms with Gasteiger partial charge in [0, 0.05) is 24.0 Å². The fourth-order valence-corrected chi connectivity index (χ4v) is 4.28. The van der Waals surface area contributed by atoms with Gasteiger partial charge in [-0.25, -0.2) is 0 Å². The summed E-state index contributed by atoms with van der Waals surface area (Å²) in [4.78, 5) is 23.2. The van der Waals surface area contributed by atoms with E-state index < -0.39 is 0 Å². The summed E-state index contributed by atoms with van der Waals surface area (Å²) < 4.78 is 0. The number of rotatable bonds is 10. The lowest BCUT2D eigenvalue weighted by molar-refractivity contribution is 0.0980. The van der Waals surface area contributed by atoms with Gasteiger partial charge in [-0.15, -0.1) is 0 Å². The fraction of sp³-hybridized carbons (Fsp3) is 0.278. The van der Waals surface area contributed by atoms with Crippen LogP contribution in [0.1, 0.15) is 94.6 Å². The summed E-state index contributed by atoms with van der Waals surface area (Å²) in [5, 5.41) is 0. The Morgan fingerprint density at radius 3 is 0.868 bits per heavy atom. The highest BCUT2D eigenvalue weighted by Gasteiger charge is 2.05. The van der Waals surface area contributed by atoms with Crippen LogP contribution in [0.3, 0.4) is 0 Å². The van der Waals surface area contributed by atoms with E-state index in [4.69, 9.17) is 0 Å². The molecule has 0 unspecified atom stereocenters. The van der Waals surface area contributed by atoms with E-state index in [2.05, 4.69) is 62.4 Å². The molecule has 0 aromatic heterocycles. The fourth-order valence-electron chi connectivity index (χ4n) is 4.28. The summed E-state index contributed by atoms with van der Waals surface area (Å²) in [6.45, 7) is 8.13. The number of ketones is 2.